The lowest BCUT2D eigenvalue weighted by molar-refractivity contribution is 0.402. The number of nitrogens with zero attached hydrogens (tertiary/aromatic N) is 3. The maximum atomic E-state index is 5.88. The number of fused-ring (bicyclic) bond motifs is 1. The molecule has 0 atom stereocenters. The molecule has 0 aliphatic rings. The van der Waals surface area contributed by atoms with E-state index >= 15 is 0 Å². The summed E-state index contributed by atoms with van der Waals surface area (Å²) in [7, 11) is 6.25. The number of anilines is 1. The Kier molecular flexibility index (Phi) is 5.09. The molecule has 2 aromatic rings. The topological polar surface area (TPSA) is 45.4 Å². The van der Waals surface area contributed by atoms with E-state index in [0.29, 0.717) is 4.99 Å². The summed E-state index contributed by atoms with van der Waals surface area (Å²) in [6.45, 7) is 2.00. The molecule has 2 N–H and O–H groups in total. The van der Waals surface area contributed by atoms with Crippen molar-refractivity contribution in [2.45, 2.75) is 6.42 Å². The highest BCUT2D eigenvalue weighted by atomic mass is 32.1. The molecular weight excluding hydrogens is 280 g/mol. The molecule has 1 aromatic heterocycles. The van der Waals surface area contributed by atoms with Crippen LogP contribution >= 0.6 is 12.2 Å². The minimum Gasteiger partial charge on any atom is -0.389 e. The van der Waals surface area contributed by atoms with Crippen LogP contribution in [0.15, 0.2) is 30.5 Å². The molecule has 1 heterocycles. The van der Waals surface area contributed by atoms with Crippen LogP contribution in [0.25, 0.3) is 10.9 Å². The van der Waals surface area contributed by atoms with Crippen LogP contribution in [0.4, 0.5) is 5.69 Å². The molecule has 0 amide bonds. The number of rotatable bonds is 6. The fourth-order valence-electron chi connectivity index (χ4n) is 2.45. The second-order valence-corrected chi connectivity index (χ2v) is 5.92. The number of benzene rings is 1. The van der Waals surface area contributed by atoms with Crippen LogP contribution in [-0.2, 0) is 0 Å². The molecule has 0 unspecified atom stereocenters. The Morgan fingerprint density at radius 2 is 1.90 bits per heavy atom. The van der Waals surface area contributed by atoms with Crippen molar-refractivity contribution in [2.24, 2.45) is 5.73 Å². The normalized spacial score (nSPS) is 11.0. The van der Waals surface area contributed by atoms with Gasteiger partial charge in [-0.1, -0.05) is 30.4 Å². The van der Waals surface area contributed by atoms with Crippen LogP contribution in [0.2, 0.25) is 0 Å². The first kappa shape index (κ1) is 15.7. The summed E-state index contributed by atoms with van der Waals surface area (Å²) >= 11 is 5.19. The first-order chi connectivity index (χ1) is 10.0. The number of hydrogen-bond acceptors (Lipinski definition) is 4. The zero-order valence-electron chi connectivity index (χ0n) is 12.8. The first-order valence-electron chi connectivity index (χ1n) is 7.04. The molecule has 4 nitrogen and oxygen atoms in total. The van der Waals surface area contributed by atoms with Crippen LogP contribution in [0.1, 0.15) is 12.0 Å². The molecule has 112 valence electrons. The molecule has 0 aliphatic carbocycles. The van der Waals surface area contributed by atoms with Crippen molar-refractivity contribution in [3.8, 4) is 0 Å². The lowest BCUT2D eigenvalue weighted by atomic mass is 10.1. The fourth-order valence-corrected chi connectivity index (χ4v) is 2.60. The number of para-hydroxylation sites is 1. The number of thiocarbonyl (C=S) groups is 1. The van der Waals surface area contributed by atoms with Crippen molar-refractivity contribution in [3.05, 3.63) is 36.0 Å². The maximum Gasteiger partial charge on any atom is 0.107 e. The third kappa shape index (κ3) is 3.68. The summed E-state index contributed by atoms with van der Waals surface area (Å²) in [5.74, 6) is 0. The number of pyridine rings is 1. The van der Waals surface area contributed by atoms with E-state index in [1.54, 1.807) is 6.20 Å². The van der Waals surface area contributed by atoms with Crippen molar-refractivity contribution in [3.63, 3.8) is 0 Å². The largest absolute Gasteiger partial charge is 0.389 e. The van der Waals surface area contributed by atoms with Crippen LogP contribution in [0.3, 0.4) is 0 Å². The Morgan fingerprint density at radius 3 is 2.57 bits per heavy atom. The SMILES string of the molecule is CN(C)CCCN(C)c1c(C(N)=S)cnc2ccccc12. The second kappa shape index (κ2) is 6.83. The summed E-state index contributed by atoms with van der Waals surface area (Å²) in [6.07, 6.45) is 2.86. The van der Waals surface area contributed by atoms with Gasteiger partial charge in [0.05, 0.1) is 16.8 Å². The quantitative estimate of drug-likeness (QED) is 0.829. The molecule has 0 aliphatic heterocycles. The van der Waals surface area contributed by atoms with Gasteiger partial charge in [0.1, 0.15) is 4.99 Å². The number of nitrogens with two attached hydrogens (primary N) is 1. The van der Waals surface area contributed by atoms with E-state index in [2.05, 4.69) is 42.0 Å². The van der Waals surface area contributed by atoms with E-state index < -0.39 is 0 Å². The van der Waals surface area contributed by atoms with Gasteiger partial charge < -0.3 is 15.5 Å². The Bertz CT molecular complexity index is 639. The zero-order chi connectivity index (χ0) is 15.4. The Labute approximate surface area is 131 Å². The van der Waals surface area contributed by atoms with E-state index in [-0.39, 0.29) is 0 Å². The van der Waals surface area contributed by atoms with Crippen molar-refractivity contribution in [1.82, 2.24) is 9.88 Å². The highest BCUT2D eigenvalue weighted by Gasteiger charge is 2.14. The molecule has 21 heavy (non-hydrogen) atoms. The van der Waals surface area contributed by atoms with Crippen molar-refractivity contribution in [1.29, 1.82) is 0 Å². The van der Waals surface area contributed by atoms with Gasteiger partial charge in [0.25, 0.3) is 0 Å². The fraction of sp³-hybridized carbons (Fsp3) is 0.375. The van der Waals surface area contributed by atoms with Gasteiger partial charge in [0.15, 0.2) is 0 Å². The third-order valence-corrected chi connectivity index (χ3v) is 3.71. The van der Waals surface area contributed by atoms with Gasteiger partial charge >= 0.3 is 0 Å². The van der Waals surface area contributed by atoms with E-state index in [9.17, 15) is 0 Å². The molecule has 1 aromatic carbocycles. The lowest BCUT2D eigenvalue weighted by Crippen LogP contribution is -2.26. The molecule has 2 rings (SSSR count). The van der Waals surface area contributed by atoms with E-state index in [4.69, 9.17) is 18.0 Å². The van der Waals surface area contributed by atoms with Gasteiger partial charge in [-0.15, -0.1) is 0 Å². The van der Waals surface area contributed by atoms with Crippen LogP contribution in [0.5, 0.6) is 0 Å². The standard InChI is InChI=1S/C16H22N4S/c1-19(2)9-6-10-20(3)15-12-7-4-5-8-14(12)18-11-13(15)16(17)21/h4-5,7-8,11H,6,9-10H2,1-3H3,(H2,17,21). The summed E-state index contributed by atoms with van der Waals surface area (Å²) in [5, 5.41) is 1.09. The zero-order valence-corrected chi connectivity index (χ0v) is 13.7. The monoisotopic (exact) mass is 302 g/mol. The summed E-state index contributed by atoms with van der Waals surface area (Å²) in [4.78, 5) is 9.25. The first-order valence-corrected chi connectivity index (χ1v) is 7.45. The minimum atomic E-state index is 0.391. The Balaban J connectivity index is 2.39. The molecule has 0 fully saturated rings. The van der Waals surface area contributed by atoms with Crippen molar-refractivity contribution >= 4 is 33.8 Å². The molecule has 0 bridgehead atoms. The average Bonchev–Trinajstić information content (AvgIpc) is 2.45. The van der Waals surface area contributed by atoms with E-state index in [1.807, 2.05) is 18.2 Å². The van der Waals surface area contributed by atoms with Gasteiger partial charge in [0, 0.05) is 25.2 Å². The molecule has 0 saturated carbocycles. The summed E-state index contributed by atoms with van der Waals surface area (Å²) in [6, 6.07) is 8.09. The predicted molar refractivity (Wildman–Crippen MR) is 94.1 cm³/mol. The van der Waals surface area contributed by atoms with Crippen LogP contribution in [-0.4, -0.2) is 49.1 Å². The smallest absolute Gasteiger partial charge is 0.107 e. The molecule has 5 heteroatoms. The predicted octanol–water partition coefficient (Wildman–Crippen LogP) is 2.26. The van der Waals surface area contributed by atoms with Crippen molar-refractivity contribution < 1.29 is 0 Å². The van der Waals surface area contributed by atoms with Gasteiger partial charge in [-0.3, -0.25) is 4.98 Å². The van der Waals surface area contributed by atoms with Crippen molar-refractivity contribution in [2.75, 3.05) is 39.1 Å². The molecule has 0 saturated heterocycles. The molecular formula is C16H22N4S. The molecule has 0 spiro atoms. The summed E-state index contributed by atoms with van der Waals surface area (Å²) < 4.78 is 0. The molecule has 0 radical (unpaired) electrons. The third-order valence-electron chi connectivity index (χ3n) is 3.49. The average molecular weight is 302 g/mol. The minimum absolute atomic E-state index is 0.391. The number of aromatic nitrogens is 1. The lowest BCUT2D eigenvalue weighted by Gasteiger charge is -2.24. The highest BCUT2D eigenvalue weighted by Crippen LogP contribution is 2.28. The van der Waals surface area contributed by atoms with Gasteiger partial charge in [-0.25, -0.2) is 0 Å². The maximum absolute atomic E-state index is 5.88. The summed E-state index contributed by atoms with van der Waals surface area (Å²) in [5.41, 5.74) is 8.76. The highest BCUT2D eigenvalue weighted by molar-refractivity contribution is 7.80. The second-order valence-electron chi connectivity index (χ2n) is 5.48. The van der Waals surface area contributed by atoms with Gasteiger partial charge in [0.2, 0.25) is 0 Å². The number of hydrogen-bond donors (Lipinski definition) is 1. The Morgan fingerprint density at radius 1 is 1.19 bits per heavy atom. The van der Waals surface area contributed by atoms with Gasteiger partial charge in [-0.05, 0) is 33.1 Å². The van der Waals surface area contributed by atoms with E-state index in [1.165, 1.54) is 0 Å². The Hall–Kier alpha value is -1.72. The van der Waals surface area contributed by atoms with Gasteiger partial charge in [-0.2, -0.15) is 0 Å². The van der Waals surface area contributed by atoms with Crippen LogP contribution < -0.4 is 10.6 Å². The van der Waals surface area contributed by atoms with Crippen LogP contribution in [0, 0.1) is 0 Å². The van der Waals surface area contributed by atoms with E-state index in [0.717, 1.165) is 41.7 Å².